The first-order valence-electron chi connectivity index (χ1n) is 17.9. The van der Waals surface area contributed by atoms with Crippen molar-refractivity contribution in [3.63, 3.8) is 0 Å². The SMILES string of the molecule is CC(C)C[C@H](CC(=O)[C@@H]1C[C@@H](Oc2nccc3cc(CO)ccc23)CN1C(=O)[C@@H](CC(=O)CC(C)(C)C)C(C)(C)C)C(=O)C(=O)CC1CC1. The number of ketones is 4. The molecule has 2 aliphatic rings. The predicted octanol–water partition coefficient (Wildman–Crippen LogP) is 6.69. The molecule has 0 radical (unpaired) electrons. The van der Waals surface area contributed by atoms with Gasteiger partial charge in [-0.2, -0.15) is 0 Å². The molecule has 9 nitrogen and oxygen atoms in total. The number of aliphatic hydroxyl groups is 1. The van der Waals surface area contributed by atoms with Crippen molar-refractivity contribution in [3.8, 4) is 5.88 Å². The second-order valence-corrected chi connectivity index (χ2v) is 17.1. The fourth-order valence-electron chi connectivity index (χ4n) is 6.98. The Hall–Kier alpha value is -3.46. The third-order valence-corrected chi connectivity index (χ3v) is 9.69. The summed E-state index contributed by atoms with van der Waals surface area (Å²) < 4.78 is 6.43. The van der Waals surface area contributed by atoms with E-state index in [4.69, 9.17) is 4.74 Å². The van der Waals surface area contributed by atoms with Crippen LogP contribution in [0.4, 0.5) is 0 Å². The number of aromatic nitrogens is 1. The number of pyridine rings is 1. The molecule has 9 heteroatoms. The molecule has 1 aromatic heterocycles. The van der Waals surface area contributed by atoms with E-state index in [1.165, 1.54) is 0 Å². The van der Waals surface area contributed by atoms with Crippen LogP contribution < -0.4 is 4.74 Å². The smallest absolute Gasteiger partial charge is 0.227 e. The summed E-state index contributed by atoms with van der Waals surface area (Å²) in [4.78, 5) is 74.3. The van der Waals surface area contributed by atoms with E-state index in [2.05, 4.69) is 4.98 Å². The quantitative estimate of drug-likeness (QED) is 0.195. The third kappa shape index (κ3) is 10.5. The summed E-state index contributed by atoms with van der Waals surface area (Å²) in [6.07, 6.45) is 4.05. The molecule has 1 aromatic carbocycles. The van der Waals surface area contributed by atoms with Crippen molar-refractivity contribution < 1.29 is 33.8 Å². The Bertz CT molecular complexity index is 1550. The number of benzene rings is 1. The fraction of sp³-hybridized carbons (Fsp3) is 0.650. The first-order chi connectivity index (χ1) is 22.9. The van der Waals surface area contributed by atoms with Crippen LogP contribution in [-0.4, -0.2) is 62.7 Å². The van der Waals surface area contributed by atoms with Crippen LogP contribution in [0.3, 0.4) is 0 Å². The van der Waals surface area contributed by atoms with Gasteiger partial charge in [0.1, 0.15) is 11.9 Å². The van der Waals surface area contributed by atoms with E-state index in [9.17, 15) is 29.1 Å². The Morgan fingerprint density at radius 3 is 2.29 bits per heavy atom. The molecule has 4 atom stereocenters. The molecule has 1 aliphatic heterocycles. The number of carbonyl (C=O) groups excluding carboxylic acids is 5. The van der Waals surface area contributed by atoms with Gasteiger partial charge in [-0.3, -0.25) is 24.0 Å². The maximum absolute atomic E-state index is 14.5. The molecule has 1 saturated heterocycles. The van der Waals surface area contributed by atoms with Crippen LogP contribution in [0, 0.1) is 34.5 Å². The zero-order valence-electron chi connectivity index (χ0n) is 30.7. The van der Waals surface area contributed by atoms with Crippen molar-refractivity contribution in [2.24, 2.45) is 34.5 Å². The van der Waals surface area contributed by atoms with E-state index < -0.39 is 41.0 Å². The number of nitrogens with zero attached hydrogens (tertiary/aromatic N) is 2. The highest BCUT2D eigenvalue weighted by atomic mass is 16.5. The van der Waals surface area contributed by atoms with Gasteiger partial charge in [0.2, 0.25) is 17.6 Å². The summed E-state index contributed by atoms with van der Waals surface area (Å²) in [5, 5.41) is 11.2. The monoisotopic (exact) mass is 676 g/mol. The molecule has 268 valence electrons. The van der Waals surface area contributed by atoms with Crippen LogP contribution >= 0.6 is 0 Å². The third-order valence-electron chi connectivity index (χ3n) is 9.69. The van der Waals surface area contributed by atoms with Gasteiger partial charge in [0.25, 0.3) is 0 Å². The Morgan fingerprint density at radius 1 is 1.00 bits per heavy atom. The molecule has 2 aromatic rings. The van der Waals surface area contributed by atoms with Gasteiger partial charge in [-0.05, 0) is 71.1 Å². The van der Waals surface area contributed by atoms with Crippen molar-refractivity contribution >= 4 is 39.8 Å². The van der Waals surface area contributed by atoms with Crippen molar-refractivity contribution in [1.29, 1.82) is 0 Å². The standard InChI is InChI=1S/C40H56N2O7/c1-24(2)15-28(36(47)35(46)17-25-9-10-25)18-34(45)33-20-30(49-37-31-12-11-26(23-43)16-27(31)13-14-41-37)22-42(33)38(48)32(40(6,7)8)19-29(44)21-39(3,4)5/h11-14,16,24-25,28,30,32-33,43H,9-10,15,17-23H2,1-8H3/t28-,30-,32-,33+/m1/s1. The largest absolute Gasteiger partial charge is 0.472 e. The average Bonchev–Trinajstić information content (AvgIpc) is 3.72. The molecule has 1 N–H and O–H groups in total. The maximum Gasteiger partial charge on any atom is 0.227 e. The lowest BCUT2D eigenvalue weighted by Gasteiger charge is -2.35. The van der Waals surface area contributed by atoms with Crippen LogP contribution in [0.15, 0.2) is 30.5 Å². The van der Waals surface area contributed by atoms with Gasteiger partial charge in [-0.1, -0.05) is 61.5 Å². The van der Waals surface area contributed by atoms with Crippen LogP contribution in [0.25, 0.3) is 10.8 Å². The minimum absolute atomic E-state index is 0.00498. The molecule has 2 heterocycles. The molecule has 1 saturated carbocycles. The topological polar surface area (TPSA) is 131 Å². The maximum atomic E-state index is 14.5. The number of hydrogen-bond acceptors (Lipinski definition) is 8. The van der Waals surface area contributed by atoms with Gasteiger partial charge in [0.05, 0.1) is 19.2 Å². The van der Waals surface area contributed by atoms with E-state index in [-0.39, 0.29) is 73.6 Å². The second-order valence-electron chi connectivity index (χ2n) is 17.1. The normalized spacial score (nSPS) is 19.6. The van der Waals surface area contributed by atoms with Gasteiger partial charge in [0.15, 0.2) is 11.6 Å². The second kappa shape index (κ2) is 15.6. The Balaban J connectivity index is 1.64. The molecule has 0 unspecified atom stereocenters. The summed E-state index contributed by atoms with van der Waals surface area (Å²) in [6, 6.07) is 6.45. The van der Waals surface area contributed by atoms with Gasteiger partial charge in [-0.15, -0.1) is 0 Å². The van der Waals surface area contributed by atoms with Gasteiger partial charge < -0.3 is 14.7 Å². The minimum atomic E-state index is -0.878. The van der Waals surface area contributed by atoms with Crippen LogP contribution in [0.1, 0.15) is 112 Å². The number of amides is 1. The summed E-state index contributed by atoms with van der Waals surface area (Å²) >= 11 is 0. The predicted molar refractivity (Wildman–Crippen MR) is 189 cm³/mol. The fourth-order valence-corrected chi connectivity index (χ4v) is 6.98. The summed E-state index contributed by atoms with van der Waals surface area (Å²) in [6.45, 7) is 15.7. The summed E-state index contributed by atoms with van der Waals surface area (Å²) in [5.74, 6) is -2.15. The molecule has 4 rings (SSSR count). The molecule has 0 spiro atoms. The molecule has 49 heavy (non-hydrogen) atoms. The van der Waals surface area contributed by atoms with Gasteiger partial charge >= 0.3 is 0 Å². The Labute approximate surface area is 291 Å². The molecule has 1 aliphatic carbocycles. The van der Waals surface area contributed by atoms with Crippen LogP contribution in [0.2, 0.25) is 0 Å². The van der Waals surface area contributed by atoms with Gasteiger partial charge in [0, 0.05) is 55.5 Å². The van der Waals surface area contributed by atoms with Gasteiger partial charge in [-0.25, -0.2) is 4.98 Å². The average molecular weight is 677 g/mol. The number of rotatable bonds is 16. The lowest BCUT2D eigenvalue weighted by Crippen LogP contribution is -2.48. The number of fused-ring (bicyclic) bond motifs is 1. The number of ether oxygens (including phenoxy) is 1. The molecule has 2 fully saturated rings. The van der Waals surface area contributed by atoms with Crippen molar-refractivity contribution in [2.75, 3.05) is 6.54 Å². The number of carbonyl (C=O) groups is 5. The molecular weight excluding hydrogens is 620 g/mol. The van der Waals surface area contributed by atoms with E-state index in [0.29, 0.717) is 18.7 Å². The highest BCUT2D eigenvalue weighted by Crippen LogP contribution is 2.37. The lowest BCUT2D eigenvalue weighted by molar-refractivity contribution is -0.147. The van der Waals surface area contributed by atoms with Crippen molar-refractivity contribution in [2.45, 2.75) is 126 Å². The first-order valence-corrected chi connectivity index (χ1v) is 17.9. The lowest BCUT2D eigenvalue weighted by atomic mass is 9.75. The highest BCUT2D eigenvalue weighted by molar-refractivity contribution is 6.38. The number of hydrogen-bond donors (Lipinski definition) is 1. The summed E-state index contributed by atoms with van der Waals surface area (Å²) in [7, 11) is 0. The zero-order chi connectivity index (χ0) is 36.3. The summed E-state index contributed by atoms with van der Waals surface area (Å²) in [5.41, 5.74) is -0.0425. The molecule has 1 amide bonds. The minimum Gasteiger partial charge on any atom is -0.472 e. The Kier molecular flexibility index (Phi) is 12.2. The number of likely N-dealkylation sites (tertiary alicyclic amines) is 1. The Morgan fingerprint density at radius 2 is 1.69 bits per heavy atom. The van der Waals surface area contributed by atoms with Crippen molar-refractivity contribution in [1.82, 2.24) is 9.88 Å². The number of Topliss-reactive ketones (excluding diaryl/α,β-unsaturated/α-hetero) is 4. The first kappa shape index (κ1) is 38.3. The molecular formula is C40H56N2O7. The molecule has 0 bridgehead atoms. The number of aliphatic hydroxyl groups excluding tert-OH is 1. The van der Waals surface area contributed by atoms with E-state index in [0.717, 1.165) is 29.2 Å². The van der Waals surface area contributed by atoms with E-state index in [1.54, 1.807) is 17.2 Å². The van der Waals surface area contributed by atoms with E-state index >= 15 is 0 Å². The highest BCUT2D eigenvalue weighted by Gasteiger charge is 2.46. The zero-order valence-corrected chi connectivity index (χ0v) is 30.7. The van der Waals surface area contributed by atoms with Crippen LogP contribution in [-0.2, 0) is 30.6 Å². The van der Waals surface area contributed by atoms with Crippen LogP contribution in [0.5, 0.6) is 5.88 Å². The van der Waals surface area contributed by atoms with E-state index in [1.807, 2.05) is 73.6 Å². The van der Waals surface area contributed by atoms with Crippen molar-refractivity contribution in [3.05, 3.63) is 36.0 Å².